The van der Waals surface area contributed by atoms with Crippen LogP contribution in [0.3, 0.4) is 0 Å². The molecule has 6 nitrogen and oxygen atoms in total. The Morgan fingerprint density at radius 1 is 1.08 bits per heavy atom. The zero-order chi connectivity index (χ0) is 18.1. The first-order valence-electron chi connectivity index (χ1n) is 8.64. The van der Waals surface area contributed by atoms with E-state index < -0.39 is 6.10 Å². The molecule has 0 fully saturated rings. The van der Waals surface area contributed by atoms with Gasteiger partial charge in [-0.05, 0) is 55.3 Å². The third-order valence-corrected chi connectivity index (χ3v) is 4.70. The molecule has 0 saturated heterocycles. The lowest BCUT2D eigenvalue weighted by molar-refractivity contribution is 0.132. The van der Waals surface area contributed by atoms with Gasteiger partial charge in [0.15, 0.2) is 0 Å². The van der Waals surface area contributed by atoms with Crippen LogP contribution in [0.25, 0.3) is 22.3 Å². The van der Waals surface area contributed by atoms with Crippen LogP contribution in [0, 0.1) is 13.8 Å². The molecule has 1 aromatic carbocycles. The fourth-order valence-electron chi connectivity index (χ4n) is 3.18. The summed E-state index contributed by atoms with van der Waals surface area (Å²) < 4.78 is 3.82. The second kappa shape index (κ2) is 6.72. The maximum Gasteiger partial charge on any atom is 0.0959 e. The fraction of sp³-hybridized carbons (Fsp3) is 0.250. The van der Waals surface area contributed by atoms with E-state index in [9.17, 15) is 5.11 Å². The van der Waals surface area contributed by atoms with E-state index in [-0.39, 0.29) is 0 Å². The molecule has 0 aliphatic heterocycles. The first kappa shape index (κ1) is 16.5. The van der Waals surface area contributed by atoms with Crippen LogP contribution in [0.5, 0.6) is 0 Å². The minimum absolute atomic E-state index is 0.405. The number of pyridine rings is 1. The zero-order valence-electron chi connectivity index (χ0n) is 14.9. The molecular formula is C20H21N5O. The van der Waals surface area contributed by atoms with Gasteiger partial charge in [-0.15, -0.1) is 0 Å². The standard InChI is InChI=1S/C20H21N5O/c1-14-8-18-20(9-15(14)2)24(13-22-18)11-17(26)12-25-19(5-7-23-25)16-4-3-6-21-10-16/h3-10,13,17,26H,11-12H2,1-2H3. The Labute approximate surface area is 151 Å². The Morgan fingerprint density at radius 2 is 1.92 bits per heavy atom. The van der Waals surface area contributed by atoms with Crippen molar-refractivity contribution < 1.29 is 5.11 Å². The number of aliphatic hydroxyl groups excluding tert-OH is 1. The highest BCUT2D eigenvalue weighted by molar-refractivity contribution is 5.77. The molecule has 1 atom stereocenters. The molecule has 0 aliphatic rings. The lowest BCUT2D eigenvalue weighted by Crippen LogP contribution is -2.23. The van der Waals surface area contributed by atoms with Crippen molar-refractivity contribution in [1.82, 2.24) is 24.3 Å². The summed E-state index contributed by atoms with van der Waals surface area (Å²) >= 11 is 0. The van der Waals surface area contributed by atoms with Crippen molar-refractivity contribution in [2.45, 2.75) is 33.0 Å². The highest BCUT2D eigenvalue weighted by Gasteiger charge is 2.13. The van der Waals surface area contributed by atoms with Crippen LogP contribution in [0.2, 0.25) is 0 Å². The third-order valence-electron chi connectivity index (χ3n) is 4.70. The predicted molar refractivity (Wildman–Crippen MR) is 101 cm³/mol. The van der Waals surface area contributed by atoms with E-state index in [1.807, 2.05) is 27.4 Å². The first-order valence-corrected chi connectivity index (χ1v) is 8.64. The van der Waals surface area contributed by atoms with Crippen LogP contribution in [0.1, 0.15) is 11.1 Å². The third kappa shape index (κ3) is 3.11. The fourth-order valence-corrected chi connectivity index (χ4v) is 3.18. The normalized spacial score (nSPS) is 12.6. The molecule has 0 spiro atoms. The molecule has 4 rings (SSSR count). The first-order chi connectivity index (χ1) is 12.6. The summed E-state index contributed by atoms with van der Waals surface area (Å²) in [5.41, 5.74) is 6.37. The lowest BCUT2D eigenvalue weighted by atomic mass is 10.1. The maximum atomic E-state index is 10.6. The predicted octanol–water partition coefficient (Wildman–Crippen LogP) is 2.97. The van der Waals surface area contributed by atoms with Crippen molar-refractivity contribution in [3.05, 3.63) is 66.4 Å². The monoisotopic (exact) mass is 347 g/mol. The van der Waals surface area contributed by atoms with Crippen molar-refractivity contribution in [3.8, 4) is 11.3 Å². The molecule has 0 amide bonds. The molecule has 0 radical (unpaired) electrons. The number of imidazole rings is 1. The van der Waals surface area contributed by atoms with E-state index in [1.165, 1.54) is 11.1 Å². The number of nitrogens with zero attached hydrogens (tertiary/aromatic N) is 5. The Hall–Kier alpha value is -2.99. The molecule has 3 heterocycles. The quantitative estimate of drug-likeness (QED) is 0.603. The van der Waals surface area contributed by atoms with Gasteiger partial charge in [0.05, 0.1) is 42.2 Å². The van der Waals surface area contributed by atoms with Crippen molar-refractivity contribution in [1.29, 1.82) is 0 Å². The highest BCUT2D eigenvalue weighted by Crippen LogP contribution is 2.20. The van der Waals surface area contributed by atoms with Crippen molar-refractivity contribution in [2.75, 3.05) is 0 Å². The van der Waals surface area contributed by atoms with E-state index in [2.05, 4.69) is 41.0 Å². The van der Waals surface area contributed by atoms with Gasteiger partial charge >= 0.3 is 0 Å². The summed E-state index contributed by atoms with van der Waals surface area (Å²) in [6.07, 6.45) is 6.50. The second-order valence-electron chi connectivity index (χ2n) is 6.62. The van der Waals surface area contributed by atoms with Gasteiger partial charge in [-0.2, -0.15) is 5.10 Å². The summed E-state index contributed by atoms with van der Waals surface area (Å²) in [7, 11) is 0. The van der Waals surface area contributed by atoms with Crippen LogP contribution >= 0.6 is 0 Å². The van der Waals surface area contributed by atoms with Crippen LogP contribution in [0.4, 0.5) is 0 Å². The van der Waals surface area contributed by atoms with E-state index in [0.717, 1.165) is 22.3 Å². The highest BCUT2D eigenvalue weighted by atomic mass is 16.3. The summed E-state index contributed by atoms with van der Waals surface area (Å²) in [5, 5.41) is 15.0. The number of fused-ring (bicyclic) bond motifs is 1. The number of aliphatic hydroxyl groups is 1. The van der Waals surface area contributed by atoms with E-state index in [4.69, 9.17) is 0 Å². The Balaban J connectivity index is 1.55. The van der Waals surface area contributed by atoms with Gasteiger partial charge in [0.2, 0.25) is 0 Å². The Bertz CT molecular complexity index is 1030. The molecule has 0 saturated carbocycles. The summed E-state index contributed by atoms with van der Waals surface area (Å²) in [5.74, 6) is 0. The molecule has 1 unspecified atom stereocenters. The Kier molecular flexibility index (Phi) is 4.26. The minimum atomic E-state index is -0.579. The second-order valence-corrected chi connectivity index (χ2v) is 6.62. The van der Waals surface area contributed by atoms with Gasteiger partial charge in [0, 0.05) is 24.2 Å². The van der Waals surface area contributed by atoms with Crippen molar-refractivity contribution in [3.63, 3.8) is 0 Å². The summed E-state index contributed by atoms with van der Waals surface area (Å²) in [6.45, 7) is 5.04. The van der Waals surface area contributed by atoms with Gasteiger partial charge in [-0.25, -0.2) is 4.98 Å². The summed E-state index contributed by atoms with van der Waals surface area (Å²) in [4.78, 5) is 8.61. The molecule has 0 aliphatic carbocycles. The molecule has 3 aromatic heterocycles. The minimum Gasteiger partial charge on any atom is -0.389 e. The lowest BCUT2D eigenvalue weighted by Gasteiger charge is -2.15. The van der Waals surface area contributed by atoms with E-state index >= 15 is 0 Å². The molecule has 132 valence electrons. The Morgan fingerprint density at radius 3 is 2.73 bits per heavy atom. The van der Waals surface area contributed by atoms with Gasteiger partial charge in [-0.3, -0.25) is 9.67 Å². The van der Waals surface area contributed by atoms with Gasteiger partial charge in [0.25, 0.3) is 0 Å². The van der Waals surface area contributed by atoms with Crippen LogP contribution in [0.15, 0.2) is 55.2 Å². The number of rotatable bonds is 5. The number of aromatic nitrogens is 5. The average Bonchev–Trinajstić information content (AvgIpc) is 3.24. The smallest absolute Gasteiger partial charge is 0.0959 e. The molecule has 4 aromatic rings. The zero-order valence-corrected chi connectivity index (χ0v) is 14.9. The van der Waals surface area contributed by atoms with E-state index in [0.29, 0.717) is 13.1 Å². The topological polar surface area (TPSA) is 68.8 Å². The molecular weight excluding hydrogens is 326 g/mol. The molecule has 6 heteroatoms. The largest absolute Gasteiger partial charge is 0.389 e. The summed E-state index contributed by atoms with van der Waals surface area (Å²) in [6, 6.07) is 10.0. The number of hydrogen-bond donors (Lipinski definition) is 1. The van der Waals surface area contributed by atoms with E-state index in [1.54, 1.807) is 24.9 Å². The van der Waals surface area contributed by atoms with Crippen LogP contribution in [-0.4, -0.2) is 35.5 Å². The molecule has 0 bridgehead atoms. The number of benzene rings is 1. The maximum absolute atomic E-state index is 10.6. The van der Waals surface area contributed by atoms with Crippen LogP contribution < -0.4 is 0 Å². The molecule has 1 N–H and O–H groups in total. The number of hydrogen-bond acceptors (Lipinski definition) is 4. The SMILES string of the molecule is Cc1cc2ncn(CC(O)Cn3nccc3-c3cccnc3)c2cc1C. The van der Waals surface area contributed by atoms with Gasteiger partial charge in [0.1, 0.15) is 0 Å². The van der Waals surface area contributed by atoms with Crippen LogP contribution in [-0.2, 0) is 13.1 Å². The average molecular weight is 347 g/mol. The van der Waals surface area contributed by atoms with Gasteiger partial charge < -0.3 is 9.67 Å². The molecule has 26 heavy (non-hydrogen) atoms. The van der Waals surface area contributed by atoms with Gasteiger partial charge in [-0.1, -0.05) is 0 Å². The van der Waals surface area contributed by atoms with Crippen molar-refractivity contribution in [2.24, 2.45) is 0 Å². The number of aryl methyl sites for hydroxylation is 2. The van der Waals surface area contributed by atoms with Crippen molar-refractivity contribution >= 4 is 11.0 Å².